The molecular weight excluding hydrogens is 1000 g/mol. The monoisotopic (exact) mass is 1120 g/mol. The van der Waals surface area contributed by atoms with Gasteiger partial charge in [-0.1, -0.05) is 254 Å². The lowest BCUT2D eigenvalue weighted by Crippen LogP contribution is -2.30. The number of ether oxygens (including phenoxy) is 3. The third-order valence-corrected chi connectivity index (χ3v) is 14.6. The Hall–Kier alpha value is -3.08. The molecule has 2 N–H and O–H groups in total. The summed E-state index contributed by atoms with van der Waals surface area (Å²) in [6.45, 7) is 4.52. The van der Waals surface area contributed by atoms with E-state index in [9.17, 15) is 28.9 Å². The first-order valence-electron chi connectivity index (χ1n) is 31.8. The van der Waals surface area contributed by atoms with Crippen LogP contribution < -0.4 is 0 Å². The van der Waals surface area contributed by atoms with Crippen LogP contribution in [0.25, 0.3) is 0 Å². The van der Waals surface area contributed by atoms with Crippen LogP contribution in [0.3, 0.4) is 0 Å². The topological polar surface area (TPSA) is 155 Å². The fourth-order valence-corrected chi connectivity index (χ4v) is 9.57. The number of aliphatic hydroxyl groups is 1. The second-order valence-corrected chi connectivity index (χ2v) is 22.7. The molecule has 11 nitrogen and oxygen atoms in total. The van der Waals surface area contributed by atoms with E-state index in [1.165, 1.54) is 109 Å². The number of aliphatic hydroxyl groups excluding tert-OH is 1. The number of hydrogen-bond acceptors (Lipinski definition) is 10. The molecule has 0 amide bonds. The van der Waals surface area contributed by atoms with Crippen LogP contribution in [-0.2, 0) is 42.2 Å². The molecule has 12 heteroatoms. The summed E-state index contributed by atoms with van der Waals surface area (Å²) in [4.78, 5) is 48.7. The van der Waals surface area contributed by atoms with Gasteiger partial charge in [-0.15, -0.1) is 0 Å². The van der Waals surface area contributed by atoms with E-state index < -0.39 is 57.8 Å². The van der Waals surface area contributed by atoms with Gasteiger partial charge in [-0.3, -0.25) is 23.4 Å². The van der Waals surface area contributed by atoms with Gasteiger partial charge in [0.1, 0.15) is 12.7 Å². The average Bonchev–Trinajstić information content (AvgIpc) is 3.43. The maximum Gasteiger partial charge on any atom is 0.472 e. The number of carbonyl (C=O) groups excluding carboxylic acids is 3. The van der Waals surface area contributed by atoms with E-state index in [1.807, 2.05) is 0 Å². The standard InChI is InChI=1S/C66H117O11P/c1-4-7-10-13-16-19-22-25-28-30-31-33-36-39-42-45-48-51-54-57-66(70)77-63(59-73-64(68)55-52-49-46-43-40-37-35-32-29-26-23-20-17-14-11-8-5-2)61-75-78(71,72)74-60-62(58-67)76-65(69)56-53-50-47-44-41-38-34-27-24-21-18-15-12-9-6-3/h9,12,16,18-19,21,25,27-28,31,33-34,62-63,67H,4-8,10-11,13-15,17,20,22-24,26,29-30,32,35-61H2,1-3H3,(H,71,72)/b12-9-,19-16-,21-18-,28-25-,33-31-,34-27-. The molecule has 78 heavy (non-hydrogen) atoms. The van der Waals surface area contributed by atoms with Gasteiger partial charge >= 0.3 is 25.7 Å². The molecule has 452 valence electrons. The number of unbranched alkanes of at least 4 members (excludes halogenated alkanes) is 30. The minimum Gasteiger partial charge on any atom is -0.462 e. The molecule has 0 saturated heterocycles. The number of carbonyl (C=O) groups is 3. The first-order chi connectivity index (χ1) is 38.2. The van der Waals surface area contributed by atoms with Gasteiger partial charge in [-0.25, -0.2) is 4.57 Å². The van der Waals surface area contributed by atoms with Crippen molar-refractivity contribution in [3.63, 3.8) is 0 Å². The van der Waals surface area contributed by atoms with Crippen LogP contribution in [0, 0.1) is 0 Å². The second-order valence-electron chi connectivity index (χ2n) is 21.2. The van der Waals surface area contributed by atoms with Gasteiger partial charge in [0.25, 0.3) is 0 Å². The lowest BCUT2D eigenvalue weighted by atomic mass is 10.0. The Morgan fingerprint density at radius 2 is 0.667 bits per heavy atom. The van der Waals surface area contributed by atoms with Crippen molar-refractivity contribution in [2.75, 3.05) is 26.4 Å². The lowest BCUT2D eigenvalue weighted by Gasteiger charge is -2.21. The molecule has 3 unspecified atom stereocenters. The summed E-state index contributed by atoms with van der Waals surface area (Å²) in [5, 5.41) is 9.84. The van der Waals surface area contributed by atoms with Crippen LogP contribution in [0.1, 0.15) is 290 Å². The number of allylic oxidation sites excluding steroid dienone is 12. The number of rotatable bonds is 59. The summed E-state index contributed by atoms with van der Waals surface area (Å²) >= 11 is 0. The Labute approximate surface area is 478 Å². The fourth-order valence-electron chi connectivity index (χ4n) is 8.79. The molecule has 0 fully saturated rings. The van der Waals surface area contributed by atoms with Gasteiger partial charge in [-0.05, 0) is 89.9 Å². The van der Waals surface area contributed by atoms with Crippen LogP contribution in [0.15, 0.2) is 72.9 Å². The Morgan fingerprint density at radius 1 is 0.372 bits per heavy atom. The van der Waals surface area contributed by atoms with Crippen molar-refractivity contribution < 1.29 is 52.2 Å². The Kier molecular flexibility index (Phi) is 57.7. The van der Waals surface area contributed by atoms with Gasteiger partial charge < -0.3 is 24.2 Å². The second kappa shape index (κ2) is 60.0. The SMILES string of the molecule is CC/C=C\C/C=C\C/C=C\CCCCCCCC(=O)OC(CO)COP(=O)(O)OCC(COC(=O)CCCCCCCCCCCCCCCCCCC)OC(=O)CCCCCCCC/C=C\C/C=C\C/C=C\CCCCC. The molecule has 0 heterocycles. The zero-order valence-electron chi connectivity index (χ0n) is 50.1. The van der Waals surface area contributed by atoms with Crippen LogP contribution in [0.5, 0.6) is 0 Å². The predicted molar refractivity (Wildman–Crippen MR) is 325 cm³/mol. The highest BCUT2D eigenvalue weighted by atomic mass is 31.2. The predicted octanol–water partition coefficient (Wildman–Crippen LogP) is 19.3. The van der Waals surface area contributed by atoms with Crippen LogP contribution in [0.2, 0.25) is 0 Å². The molecule has 0 saturated carbocycles. The van der Waals surface area contributed by atoms with E-state index in [-0.39, 0.29) is 25.9 Å². The lowest BCUT2D eigenvalue weighted by molar-refractivity contribution is -0.161. The molecule has 0 spiro atoms. The number of esters is 3. The molecule has 0 bridgehead atoms. The van der Waals surface area contributed by atoms with Gasteiger partial charge in [0.2, 0.25) is 0 Å². The molecule has 0 rings (SSSR count). The summed E-state index contributed by atoms with van der Waals surface area (Å²) in [5.41, 5.74) is 0. The van der Waals surface area contributed by atoms with E-state index in [0.717, 1.165) is 122 Å². The molecule has 0 aromatic heterocycles. The molecule has 0 aromatic carbocycles. The van der Waals surface area contributed by atoms with E-state index in [1.54, 1.807) is 0 Å². The van der Waals surface area contributed by atoms with Gasteiger partial charge in [-0.2, -0.15) is 0 Å². The largest absolute Gasteiger partial charge is 0.472 e. The van der Waals surface area contributed by atoms with E-state index >= 15 is 0 Å². The molecule has 0 radical (unpaired) electrons. The van der Waals surface area contributed by atoms with E-state index in [4.69, 9.17) is 23.3 Å². The van der Waals surface area contributed by atoms with Gasteiger partial charge in [0.15, 0.2) is 6.10 Å². The molecule has 3 atom stereocenters. The maximum atomic E-state index is 13.0. The highest BCUT2D eigenvalue weighted by molar-refractivity contribution is 7.47. The molecule has 0 aliphatic heterocycles. The summed E-state index contributed by atoms with van der Waals surface area (Å²) in [6, 6.07) is 0. The van der Waals surface area contributed by atoms with Crippen molar-refractivity contribution in [3.8, 4) is 0 Å². The highest BCUT2D eigenvalue weighted by Gasteiger charge is 2.28. The average molecular weight is 1120 g/mol. The third-order valence-electron chi connectivity index (χ3n) is 13.6. The van der Waals surface area contributed by atoms with E-state index in [0.29, 0.717) is 19.3 Å². The summed E-state index contributed by atoms with van der Waals surface area (Å²) in [6.07, 6.45) is 68.5. The summed E-state index contributed by atoms with van der Waals surface area (Å²) in [7, 11) is -4.76. The molecule has 0 aromatic rings. The third kappa shape index (κ3) is 57.6. The van der Waals surface area contributed by atoms with Crippen molar-refractivity contribution in [3.05, 3.63) is 72.9 Å². The quantitative estimate of drug-likeness (QED) is 0.0197. The zero-order valence-corrected chi connectivity index (χ0v) is 51.0. The molecule has 0 aliphatic rings. The first-order valence-corrected chi connectivity index (χ1v) is 33.3. The van der Waals surface area contributed by atoms with Crippen LogP contribution in [-0.4, -0.2) is 66.5 Å². The Morgan fingerprint density at radius 3 is 1.05 bits per heavy atom. The van der Waals surface area contributed by atoms with E-state index in [2.05, 4.69) is 93.7 Å². The van der Waals surface area contributed by atoms with Crippen molar-refractivity contribution in [2.45, 2.75) is 303 Å². The molecule has 0 aliphatic carbocycles. The zero-order chi connectivity index (χ0) is 56.9. The van der Waals surface area contributed by atoms with Crippen molar-refractivity contribution in [1.82, 2.24) is 0 Å². The summed E-state index contributed by atoms with van der Waals surface area (Å²) < 4.78 is 39.7. The normalized spacial score (nSPS) is 13.8. The highest BCUT2D eigenvalue weighted by Crippen LogP contribution is 2.43. The first kappa shape index (κ1) is 74.9. The van der Waals surface area contributed by atoms with Crippen molar-refractivity contribution in [1.29, 1.82) is 0 Å². The number of phosphoric acid groups is 1. The smallest absolute Gasteiger partial charge is 0.462 e. The maximum absolute atomic E-state index is 13.0. The summed E-state index contributed by atoms with van der Waals surface area (Å²) in [5.74, 6) is -1.48. The van der Waals surface area contributed by atoms with Gasteiger partial charge in [0, 0.05) is 19.3 Å². The van der Waals surface area contributed by atoms with Crippen molar-refractivity contribution in [2.24, 2.45) is 0 Å². The number of hydrogen-bond donors (Lipinski definition) is 2. The fraction of sp³-hybridized carbons (Fsp3) is 0.773. The molecular formula is C66H117O11P. The minimum atomic E-state index is -4.76. The Balaban J connectivity index is 4.73. The number of phosphoric ester groups is 1. The minimum absolute atomic E-state index is 0.152. The van der Waals surface area contributed by atoms with Crippen LogP contribution in [0.4, 0.5) is 0 Å². The Bertz CT molecular complexity index is 1590. The van der Waals surface area contributed by atoms with Crippen molar-refractivity contribution >= 4 is 25.7 Å². The van der Waals surface area contributed by atoms with Gasteiger partial charge in [0.05, 0.1) is 19.8 Å². The van der Waals surface area contributed by atoms with Crippen LogP contribution >= 0.6 is 7.82 Å².